The van der Waals surface area contributed by atoms with Crippen molar-refractivity contribution < 1.29 is 4.39 Å². The van der Waals surface area contributed by atoms with Crippen LogP contribution < -0.4 is 5.32 Å². The molecule has 0 unspecified atom stereocenters. The average Bonchev–Trinajstić information content (AvgIpc) is 3.29. The van der Waals surface area contributed by atoms with E-state index in [1.807, 2.05) is 18.5 Å². The first-order chi connectivity index (χ1) is 11.3. The lowest BCUT2D eigenvalue weighted by molar-refractivity contribution is 0.218. The maximum absolute atomic E-state index is 13.4. The molecule has 4 atom stereocenters. The third kappa shape index (κ3) is 2.14. The molecule has 120 valence electrons. The lowest BCUT2D eigenvalue weighted by atomic mass is 9.82. The van der Waals surface area contributed by atoms with Crippen LogP contribution in [0.15, 0.2) is 36.7 Å². The SMILES string of the molecule is Fc1cccc(-n2cc(CN3[C@@H]4CC[C@H]3[C@H]3CNC[C@H]34)cn2)c1. The van der Waals surface area contributed by atoms with E-state index in [2.05, 4.69) is 15.3 Å². The van der Waals surface area contributed by atoms with Gasteiger partial charge in [0.25, 0.3) is 0 Å². The van der Waals surface area contributed by atoms with Crippen LogP contribution in [-0.4, -0.2) is 39.9 Å². The molecule has 4 heterocycles. The lowest BCUT2D eigenvalue weighted by Gasteiger charge is -2.23. The molecule has 2 bridgehead atoms. The maximum atomic E-state index is 13.4. The quantitative estimate of drug-likeness (QED) is 0.943. The van der Waals surface area contributed by atoms with Crippen LogP contribution in [0.3, 0.4) is 0 Å². The molecule has 2 aromatic rings. The van der Waals surface area contributed by atoms with Gasteiger partial charge in [0.15, 0.2) is 0 Å². The lowest BCUT2D eigenvalue weighted by Crippen LogP contribution is -2.33. The van der Waals surface area contributed by atoms with E-state index in [-0.39, 0.29) is 5.82 Å². The summed E-state index contributed by atoms with van der Waals surface area (Å²) in [5, 5.41) is 7.99. The van der Waals surface area contributed by atoms with Gasteiger partial charge in [-0.3, -0.25) is 4.90 Å². The minimum absolute atomic E-state index is 0.225. The Morgan fingerprint density at radius 3 is 2.70 bits per heavy atom. The fraction of sp³-hybridized carbons (Fsp3) is 0.500. The van der Waals surface area contributed by atoms with Gasteiger partial charge in [0.2, 0.25) is 0 Å². The molecule has 1 N–H and O–H groups in total. The molecule has 5 rings (SSSR count). The number of benzene rings is 1. The van der Waals surface area contributed by atoms with Crippen molar-refractivity contribution in [2.75, 3.05) is 13.1 Å². The Morgan fingerprint density at radius 1 is 1.17 bits per heavy atom. The summed E-state index contributed by atoms with van der Waals surface area (Å²) in [6.45, 7) is 3.34. The summed E-state index contributed by atoms with van der Waals surface area (Å²) < 4.78 is 15.2. The van der Waals surface area contributed by atoms with Crippen LogP contribution >= 0.6 is 0 Å². The molecular formula is C18H21FN4. The van der Waals surface area contributed by atoms with Gasteiger partial charge in [-0.15, -0.1) is 0 Å². The van der Waals surface area contributed by atoms with Crippen LogP contribution in [0.5, 0.6) is 0 Å². The zero-order chi connectivity index (χ0) is 15.4. The van der Waals surface area contributed by atoms with Gasteiger partial charge in [0.05, 0.1) is 11.9 Å². The molecule has 0 aliphatic carbocycles. The molecule has 3 aliphatic rings. The second kappa shape index (κ2) is 5.14. The van der Waals surface area contributed by atoms with Crippen molar-refractivity contribution in [3.63, 3.8) is 0 Å². The Kier molecular flexibility index (Phi) is 3.06. The smallest absolute Gasteiger partial charge is 0.125 e. The largest absolute Gasteiger partial charge is 0.316 e. The minimum atomic E-state index is -0.225. The highest BCUT2D eigenvalue weighted by atomic mass is 19.1. The molecule has 3 fully saturated rings. The number of nitrogens with zero attached hydrogens (tertiary/aromatic N) is 3. The second-order valence-electron chi connectivity index (χ2n) is 7.14. The monoisotopic (exact) mass is 312 g/mol. The maximum Gasteiger partial charge on any atom is 0.125 e. The molecule has 3 saturated heterocycles. The Labute approximate surface area is 135 Å². The molecule has 5 heteroatoms. The third-order valence-electron chi connectivity index (χ3n) is 5.98. The summed E-state index contributed by atoms with van der Waals surface area (Å²) in [6.07, 6.45) is 6.65. The van der Waals surface area contributed by atoms with E-state index in [4.69, 9.17) is 0 Å². The summed E-state index contributed by atoms with van der Waals surface area (Å²) in [7, 11) is 0. The highest BCUT2D eigenvalue weighted by Gasteiger charge is 2.54. The first-order valence-electron chi connectivity index (χ1n) is 8.55. The normalized spacial score (nSPS) is 32.6. The van der Waals surface area contributed by atoms with Crippen LogP contribution in [0.1, 0.15) is 18.4 Å². The second-order valence-corrected chi connectivity index (χ2v) is 7.14. The van der Waals surface area contributed by atoms with Gasteiger partial charge in [-0.05, 0) is 56.0 Å². The molecule has 0 amide bonds. The Morgan fingerprint density at radius 2 is 1.96 bits per heavy atom. The fourth-order valence-electron chi connectivity index (χ4n) is 5.05. The molecular weight excluding hydrogens is 291 g/mol. The highest BCUT2D eigenvalue weighted by Crippen LogP contribution is 2.47. The van der Waals surface area contributed by atoms with Crippen molar-refractivity contribution in [3.8, 4) is 5.69 Å². The molecule has 0 radical (unpaired) electrons. The zero-order valence-corrected chi connectivity index (χ0v) is 13.0. The summed E-state index contributed by atoms with van der Waals surface area (Å²) >= 11 is 0. The Balaban J connectivity index is 1.36. The van der Waals surface area contributed by atoms with Crippen molar-refractivity contribution in [1.29, 1.82) is 0 Å². The topological polar surface area (TPSA) is 33.1 Å². The molecule has 0 spiro atoms. The van der Waals surface area contributed by atoms with Crippen molar-refractivity contribution >= 4 is 0 Å². The zero-order valence-electron chi connectivity index (χ0n) is 13.0. The number of hydrogen-bond donors (Lipinski definition) is 1. The molecule has 1 aromatic heterocycles. The molecule has 3 aliphatic heterocycles. The van der Waals surface area contributed by atoms with E-state index in [1.165, 1.54) is 43.6 Å². The van der Waals surface area contributed by atoms with E-state index in [9.17, 15) is 4.39 Å². The summed E-state index contributed by atoms with van der Waals surface area (Å²) in [5.74, 6) is 1.46. The highest BCUT2D eigenvalue weighted by molar-refractivity contribution is 5.31. The minimum Gasteiger partial charge on any atom is -0.316 e. The van der Waals surface area contributed by atoms with Crippen LogP contribution in [-0.2, 0) is 6.54 Å². The third-order valence-corrected chi connectivity index (χ3v) is 5.98. The predicted molar refractivity (Wildman–Crippen MR) is 85.7 cm³/mol. The molecule has 23 heavy (non-hydrogen) atoms. The number of aromatic nitrogens is 2. The first kappa shape index (κ1) is 13.7. The number of fused-ring (bicyclic) bond motifs is 5. The van der Waals surface area contributed by atoms with Gasteiger partial charge < -0.3 is 5.32 Å². The Hall–Kier alpha value is -1.72. The summed E-state index contributed by atoms with van der Waals surface area (Å²) in [4.78, 5) is 2.70. The van der Waals surface area contributed by atoms with Crippen LogP contribution in [0.2, 0.25) is 0 Å². The van der Waals surface area contributed by atoms with E-state index in [0.29, 0.717) is 0 Å². The van der Waals surface area contributed by atoms with Gasteiger partial charge in [-0.25, -0.2) is 9.07 Å². The van der Waals surface area contributed by atoms with Crippen molar-refractivity contribution in [2.45, 2.75) is 31.5 Å². The van der Waals surface area contributed by atoms with Gasteiger partial charge in [-0.1, -0.05) is 6.07 Å². The molecule has 0 saturated carbocycles. The van der Waals surface area contributed by atoms with E-state index in [0.717, 1.165) is 36.2 Å². The number of halogens is 1. The number of hydrogen-bond acceptors (Lipinski definition) is 3. The van der Waals surface area contributed by atoms with Gasteiger partial charge in [-0.2, -0.15) is 5.10 Å². The van der Waals surface area contributed by atoms with Crippen molar-refractivity contribution in [2.24, 2.45) is 11.8 Å². The van der Waals surface area contributed by atoms with E-state index >= 15 is 0 Å². The average molecular weight is 312 g/mol. The van der Waals surface area contributed by atoms with Crippen LogP contribution in [0.4, 0.5) is 4.39 Å². The van der Waals surface area contributed by atoms with Gasteiger partial charge in [0, 0.05) is 30.4 Å². The van der Waals surface area contributed by atoms with Crippen molar-refractivity contribution in [1.82, 2.24) is 20.0 Å². The standard InChI is InChI=1S/C18H21FN4/c19-13-2-1-3-14(6-13)23-11-12(7-21-23)10-22-17-4-5-18(22)16-9-20-8-15(16)17/h1-3,6-7,11,15-18,20H,4-5,8-10H2/t15-,16+,17-,18+. The molecule has 1 aromatic carbocycles. The summed E-state index contributed by atoms with van der Waals surface area (Å²) in [5.41, 5.74) is 2.00. The van der Waals surface area contributed by atoms with Gasteiger partial charge in [0.1, 0.15) is 5.82 Å². The van der Waals surface area contributed by atoms with Crippen LogP contribution in [0.25, 0.3) is 5.69 Å². The number of rotatable bonds is 3. The number of nitrogens with one attached hydrogen (secondary N) is 1. The van der Waals surface area contributed by atoms with E-state index < -0.39 is 0 Å². The predicted octanol–water partition coefficient (Wildman–Crippen LogP) is 2.19. The molecule has 4 nitrogen and oxygen atoms in total. The van der Waals surface area contributed by atoms with Crippen LogP contribution in [0, 0.1) is 17.7 Å². The summed E-state index contributed by atoms with van der Waals surface area (Å²) in [6, 6.07) is 8.06. The van der Waals surface area contributed by atoms with Gasteiger partial charge >= 0.3 is 0 Å². The first-order valence-corrected chi connectivity index (χ1v) is 8.55. The Bertz CT molecular complexity index is 709. The fourth-order valence-corrected chi connectivity index (χ4v) is 5.05. The van der Waals surface area contributed by atoms with Crippen molar-refractivity contribution in [3.05, 3.63) is 48.0 Å². The van der Waals surface area contributed by atoms with E-state index in [1.54, 1.807) is 10.7 Å².